The predicted octanol–water partition coefficient (Wildman–Crippen LogP) is 4.01. The molecule has 2 heterocycles. The van der Waals surface area contributed by atoms with Crippen LogP contribution in [0.3, 0.4) is 0 Å². The van der Waals surface area contributed by atoms with Gasteiger partial charge in [0.2, 0.25) is 0 Å². The van der Waals surface area contributed by atoms with Gasteiger partial charge in [0.25, 0.3) is 0 Å². The van der Waals surface area contributed by atoms with Crippen molar-refractivity contribution in [1.82, 2.24) is 10.2 Å². The van der Waals surface area contributed by atoms with E-state index in [0.717, 1.165) is 30.1 Å². The summed E-state index contributed by atoms with van der Waals surface area (Å²) in [6, 6.07) is 11.7. The van der Waals surface area contributed by atoms with E-state index in [0.29, 0.717) is 4.88 Å². The molecule has 0 spiro atoms. The molecular formula is C24H32N2O5S. The van der Waals surface area contributed by atoms with Crippen LogP contribution in [-0.4, -0.2) is 46.8 Å². The lowest BCUT2D eigenvalue weighted by Crippen LogP contribution is -2.47. The third-order valence-electron chi connectivity index (χ3n) is 5.01. The van der Waals surface area contributed by atoms with Crippen LogP contribution in [0.4, 0.5) is 4.79 Å². The van der Waals surface area contributed by atoms with Gasteiger partial charge in [0.1, 0.15) is 18.3 Å². The molecule has 1 fully saturated rings. The maximum absolute atomic E-state index is 12.8. The highest BCUT2D eigenvalue weighted by Crippen LogP contribution is 2.28. The fraction of sp³-hybridized carbons (Fsp3) is 0.500. The van der Waals surface area contributed by atoms with Gasteiger partial charge < -0.3 is 19.9 Å². The van der Waals surface area contributed by atoms with Crippen molar-refractivity contribution in [3.05, 3.63) is 57.8 Å². The van der Waals surface area contributed by atoms with Gasteiger partial charge >= 0.3 is 12.1 Å². The van der Waals surface area contributed by atoms with Crippen LogP contribution >= 0.6 is 11.3 Å². The van der Waals surface area contributed by atoms with Crippen molar-refractivity contribution >= 4 is 23.4 Å². The van der Waals surface area contributed by atoms with Gasteiger partial charge in [0, 0.05) is 16.3 Å². The summed E-state index contributed by atoms with van der Waals surface area (Å²) in [5, 5.41) is 13.5. The second-order valence-electron chi connectivity index (χ2n) is 8.95. The SMILES string of the molecule is CC(C)(C)OC(=O)C(NC(=O)OCc1ccccc1)C(O)c1ccc(CN2CCCC2)s1. The van der Waals surface area contributed by atoms with E-state index in [-0.39, 0.29) is 6.61 Å². The van der Waals surface area contributed by atoms with Gasteiger partial charge in [-0.2, -0.15) is 0 Å². The Kier molecular flexibility index (Phi) is 8.28. The number of aliphatic hydroxyl groups excluding tert-OH is 1. The number of thiophene rings is 1. The van der Waals surface area contributed by atoms with E-state index >= 15 is 0 Å². The summed E-state index contributed by atoms with van der Waals surface area (Å²) in [6.45, 7) is 8.24. The van der Waals surface area contributed by atoms with Crippen LogP contribution in [0.5, 0.6) is 0 Å². The number of carbonyl (C=O) groups is 2. The van der Waals surface area contributed by atoms with Crippen LogP contribution in [0.15, 0.2) is 42.5 Å². The third-order valence-corrected chi connectivity index (χ3v) is 6.16. The normalized spacial score (nSPS) is 16.4. The Morgan fingerprint density at radius 3 is 2.47 bits per heavy atom. The van der Waals surface area contributed by atoms with Crippen LogP contribution in [0.25, 0.3) is 0 Å². The van der Waals surface area contributed by atoms with Crippen molar-refractivity contribution in [2.24, 2.45) is 0 Å². The zero-order chi connectivity index (χ0) is 23.1. The summed E-state index contributed by atoms with van der Waals surface area (Å²) in [5.41, 5.74) is 0.0583. The number of ether oxygens (including phenoxy) is 2. The fourth-order valence-electron chi connectivity index (χ4n) is 3.49. The molecule has 1 aromatic heterocycles. The molecule has 2 aromatic rings. The molecule has 1 aliphatic rings. The molecule has 1 aliphatic heterocycles. The Morgan fingerprint density at radius 2 is 1.81 bits per heavy atom. The molecule has 1 aromatic carbocycles. The van der Waals surface area contributed by atoms with Gasteiger partial charge in [0.05, 0.1) is 0 Å². The summed E-state index contributed by atoms with van der Waals surface area (Å²) < 4.78 is 10.7. The molecular weight excluding hydrogens is 428 g/mol. The molecule has 2 N–H and O–H groups in total. The van der Waals surface area contributed by atoms with Crippen molar-refractivity contribution in [1.29, 1.82) is 0 Å². The van der Waals surface area contributed by atoms with Gasteiger partial charge in [-0.25, -0.2) is 9.59 Å². The average molecular weight is 461 g/mol. The molecule has 0 saturated carbocycles. The van der Waals surface area contributed by atoms with Crippen LogP contribution in [0.1, 0.15) is 55.0 Å². The smallest absolute Gasteiger partial charge is 0.408 e. The minimum Gasteiger partial charge on any atom is -0.458 e. The number of esters is 1. The molecule has 8 heteroatoms. The summed E-state index contributed by atoms with van der Waals surface area (Å²) >= 11 is 1.44. The minimum atomic E-state index is -1.28. The van der Waals surface area contributed by atoms with E-state index in [1.54, 1.807) is 26.8 Å². The monoisotopic (exact) mass is 460 g/mol. The van der Waals surface area contributed by atoms with Crippen molar-refractivity contribution in [3.8, 4) is 0 Å². The van der Waals surface area contributed by atoms with Gasteiger partial charge in [-0.1, -0.05) is 30.3 Å². The fourth-order valence-corrected chi connectivity index (χ4v) is 4.57. The lowest BCUT2D eigenvalue weighted by Gasteiger charge is -2.26. The summed E-state index contributed by atoms with van der Waals surface area (Å²) in [6.07, 6.45) is 0.372. The Labute approximate surface area is 193 Å². The van der Waals surface area contributed by atoms with Crippen LogP contribution in [-0.2, 0) is 27.4 Å². The topological polar surface area (TPSA) is 88.1 Å². The lowest BCUT2D eigenvalue weighted by molar-refractivity contribution is -0.160. The Morgan fingerprint density at radius 1 is 1.12 bits per heavy atom. The first-order valence-electron chi connectivity index (χ1n) is 10.9. The molecule has 2 atom stereocenters. The second-order valence-corrected chi connectivity index (χ2v) is 10.1. The molecule has 32 heavy (non-hydrogen) atoms. The standard InChI is InChI=1S/C24H32N2O5S/c1-24(2,3)31-22(28)20(25-23(29)30-16-17-9-5-4-6-10-17)21(27)19-12-11-18(32-19)15-26-13-7-8-14-26/h4-6,9-12,20-21,27H,7-8,13-16H2,1-3H3,(H,25,29). The zero-order valence-electron chi connectivity index (χ0n) is 18.9. The maximum atomic E-state index is 12.8. The largest absolute Gasteiger partial charge is 0.458 e. The number of hydrogen-bond acceptors (Lipinski definition) is 7. The number of hydrogen-bond donors (Lipinski definition) is 2. The maximum Gasteiger partial charge on any atom is 0.408 e. The number of alkyl carbamates (subject to hydrolysis) is 1. The molecule has 2 unspecified atom stereocenters. The molecule has 3 rings (SSSR count). The number of carbonyl (C=O) groups excluding carboxylic acids is 2. The number of amides is 1. The zero-order valence-corrected chi connectivity index (χ0v) is 19.7. The van der Waals surface area contributed by atoms with Crippen LogP contribution < -0.4 is 5.32 Å². The molecule has 1 amide bonds. The number of benzene rings is 1. The van der Waals surface area contributed by atoms with Gasteiger partial charge in [0.15, 0.2) is 6.04 Å². The number of nitrogens with zero attached hydrogens (tertiary/aromatic N) is 1. The first-order valence-corrected chi connectivity index (χ1v) is 11.7. The predicted molar refractivity (Wildman–Crippen MR) is 123 cm³/mol. The van der Waals surface area contributed by atoms with Crippen LogP contribution in [0.2, 0.25) is 0 Å². The molecule has 0 radical (unpaired) electrons. The highest BCUT2D eigenvalue weighted by molar-refractivity contribution is 7.12. The highest BCUT2D eigenvalue weighted by Gasteiger charge is 2.35. The molecule has 174 valence electrons. The number of likely N-dealkylation sites (tertiary alicyclic amines) is 1. The first kappa shape index (κ1) is 24.2. The number of nitrogens with one attached hydrogen (secondary N) is 1. The Hall–Kier alpha value is -2.42. The summed E-state index contributed by atoms with van der Waals surface area (Å²) in [4.78, 5) is 29.3. The van der Waals surface area contributed by atoms with Crippen LogP contribution in [0, 0.1) is 0 Å². The Bertz CT molecular complexity index is 887. The molecule has 7 nitrogen and oxygen atoms in total. The van der Waals surface area contributed by atoms with E-state index in [9.17, 15) is 14.7 Å². The van der Waals surface area contributed by atoms with Gasteiger partial charge in [-0.15, -0.1) is 11.3 Å². The van der Waals surface area contributed by atoms with Crippen molar-refractivity contribution in [3.63, 3.8) is 0 Å². The Balaban J connectivity index is 1.67. The van der Waals surface area contributed by atoms with E-state index in [1.807, 2.05) is 36.4 Å². The number of rotatable bonds is 8. The minimum absolute atomic E-state index is 0.0583. The second kappa shape index (κ2) is 10.9. The van der Waals surface area contributed by atoms with Crippen molar-refractivity contribution in [2.75, 3.05) is 13.1 Å². The lowest BCUT2D eigenvalue weighted by atomic mass is 10.1. The van der Waals surface area contributed by atoms with E-state index in [2.05, 4.69) is 10.2 Å². The molecule has 0 aliphatic carbocycles. The quantitative estimate of drug-likeness (QED) is 0.579. The highest BCUT2D eigenvalue weighted by atomic mass is 32.1. The summed E-state index contributed by atoms with van der Waals surface area (Å²) in [5.74, 6) is -0.712. The van der Waals surface area contributed by atoms with Crippen molar-refractivity contribution < 1.29 is 24.2 Å². The first-order chi connectivity index (χ1) is 15.2. The van der Waals surface area contributed by atoms with Gasteiger partial charge in [-0.05, 0) is 64.4 Å². The number of aliphatic hydroxyl groups is 1. The molecule has 1 saturated heterocycles. The average Bonchev–Trinajstić information content (AvgIpc) is 3.42. The van der Waals surface area contributed by atoms with E-state index < -0.39 is 29.8 Å². The van der Waals surface area contributed by atoms with E-state index in [1.165, 1.54) is 24.2 Å². The molecule has 0 bridgehead atoms. The third kappa shape index (κ3) is 7.32. The van der Waals surface area contributed by atoms with Crippen molar-refractivity contribution in [2.45, 2.75) is 64.5 Å². The van der Waals surface area contributed by atoms with Gasteiger partial charge in [-0.3, -0.25) is 4.90 Å². The van der Waals surface area contributed by atoms with E-state index in [4.69, 9.17) is 9.47 Å². The summed E-state index contributed by atoms with van der Waals surface area (Å²) in [7, 11) is 0.